The fraction of sp³-hybridized carbons (Fsp3) is 0.343. The fourth-order valence-corrected chi connectivity index (χ4v) is 6.71. The predicted octanol–water partition coefficient (Wildman–Crippen LogP) is 6.25. The molecule has 242 valence electrons. The van der Waals surface area contributed by atoms with Crippen LogP contribution in [0.2, 0.25) is 0 Å². The first kappa shape index (κ1) is 33.3. The van der Waals surface area contributed by atoms with E-state index >= 15 is 0 Å². The van der Waals surface area contributed by atoms with Gasteiger partial charge < -0.3 is 20.6 Å². The number of thiazole rings is 1. The number of hydrogen-bond donors (Lipinski definition) is 3. The van der Waals surface area contributed by atoms with E-state index in [4.69, 9.17) is 0 Å². The van der Waals surface area contributed by atoms with Gasteiger partial charge in [0.05, 0.1) is 23.8 Å². The van der Waals surface area contributed by atoms with Gasteiger partial charge in [0.2, 0.25) is 0 Å². The maximum absolute atomic E-state index is 13.7. The van der Waals surface area contributed by atoms with Crippen molar-refractivity contribution in [3.05, 3.63) is 122 Å². The smallest absolute Gasteiger partial charge is 0.390 e. The maximum atomic E-state index is 13.7. The van der Waals surface area contributed by atoms with Crippen LogP contribution >= 0.6 is 11.3 Å². The first-order valence-electron chi connectivity index (χ1n) is 15.2. The van der Waals surface area contributed by atoms with E-state index in [0.29, 0.717) is 29.7 Å². The monoisotopic (exact) mass is 650 g/mol. The number of aliphatic hydroxyl groups is 1. The molecule has 11 heteroatoms. The van der Waals surface area contributed by atoms with Crippen molar-refractivity contribution < 1.29 is 27.9 Å². The first-order chi connectivity index (χ1) is 22.0. The van der Waals surface area contributed by atoms with Gasteiger partial charge in [0, 0.05) is 41.8 Å². The molecule has 46 heavy (non-hydrogen) atoms. The number of nitrogens with zero attached hydrogens (tertiary/aromatic N) is 2. The number of carbonyl (C=O) groups excluding carboxylic acids is 2. The van der Waals surface area contributed by atoms with Crippen LogP contribution in [-0.4, -0.2) is 52.0 Å². The Labute approximate surface area is 270 Å². The molecule has 3 N–H and O–H groups in total. The number of carbonyl (C=O) groups is 2. The second-order valence-corrected chi connectivity index (χ2v) is 12.6. The number of alkyl halides is 3. The minimum Gasteiger partial charge on any atom is -0.390 e. The van der Waals surface area contributed by atoms with Gasteiger partial charge in [-0.15, -0.1) is 11.3 Å². The summed E-state index contributed by atoms with van der Waals surface area (Å²) in [7, 11) is 0. The summed E-state index contributed by atoms with van der Waals surface area (Å²) in [6.45, 7) is 4.50. The lowest BCUT2D eigenvalue weighted by atomic mass is 9.99. The van der Waals surface area contributed by atoms with Gasteiger partial charge in [0.15, 0.2) is 0 Å². The summed E-state index contributed by atoms with van der Waals surface area (Å²) < 4.78 is 39.4. The van der Waals surface area contributed by atoms with Crippen molar-refractivity contribution in [1.29, 1.82) is 0 Å². The van der Waals surface area contributed by atoms with E-state index in [1.165, 1.54) is 6.07 Å². The number of aryl methyl sites for hydroxylation is 2. The normalized spacial score (nSPS) is 16.3. The zero-order valence-electron chi connectivity index (χ0n) is 25.7. The fourth-order valence-electron chi connectivity index (χ4n) is 5.76. The highest BCUT2D eigenvalue weighted by molar-refractivity contribution is 7.09. The zero-order chi connectivity index (χ0) is 32.8. The van der Waals surface area contributed by atoms with Crippen molar-refractivity contribution in [1.82, 2.24) is 20.5 Å². The van der Waals surface area contributed by atoms with Gasteiger partial charge in [0.1, 0.15) is 5.01 Å². The molecular formula is C35H37F3N4O3S. The summed E-state index contributed by atoms with van der Waals surface area (Å²) in [5, 5.41) is 20.0. The Kier molecular flexibility index (Phi) is 10.6. The van der Waals surface area contributed by atoms with Crippen LogP contribution in [-0.2, 0) is 19.1 Å². The Hall–Kier alpha value is -4.06. The average molecular weight is 651 g/mol. The number of benzene rings is 3. The van der Waals surface area contributed by atoms with Gasteiger partial charge >= 0.3 is 6.18 Å². The van der Waals surface area contributed by atoms with Crippen molar-refractivity contribution in [3.8, 4) is 0 Å². The molecule has 0 bridgehead atoms. The van der Waals surface area contributed by atoms with E-state index in [0.717, 1.165) is 46.8 Å². The second-order valence-electron chi connectivity index (χ2n) is 11.7. The zero-order valence-corrected chi connectivity index (χ0v) is 26.5. The van der Waals surface area contributed by atoms with E-state index in [1.807, 2.05) is 54.5 Å². The molecule has 3 atom stereocenters. The Morgan fingerprint density at radius 3 is 2.48 bits per heavy atom. The van der Waals surface area contributed by atoms with Crippen molar-refractivity contribution in [2.75, 3.05) is 13.1 Å². The quantitative estimate of drug-likeness (QED) is 0.179. The molecule has 2 amide bonds. The number of rotatable bonds is 11. The summed E-state index contributed by atoms with van der Waals surface area (Å²) in [6, 6.07) is 18.6. The molecule has 3 aromatic carbocycles. The van der Waals surface area contributed by atoms with Crippen LogP contribution in [0.5, 0.6) is 0 Å². The molecule has 1 saturated heterocycles. The lowest BCUT2D eigenvalue weighted by Crippen LogP contribution is -2.48. The third kappa shape index (κ3) is 8.39. The van der Waals surface area contributed by atoms with E-state index in [9.17, 15) is 27.9 Å². The van der Waals surface area contributed by atoms with Crippen molar-refractivity contribution in [2.24, 2.45) is 0 Å². The van der Waals surface area contributed by atoms with E-state index < -0.39 is 29.8 Å². The van der Waals surface area contributed by atoms with Gasteiger partial charge in [-0.1, -0.05) is 48.5 Å². The topological polar surface area (TPSA) is 94.6 Å². The third-order valence-corrected chi connectivity index (χ3v) is 9.10. The van der Waals surface area contributed by atoms with Crippen LogP contribution in [0.15, 0.2) is 78.2 Å². The van der Waals surface area contributed by atoms with Crippen molar-refractivity contribution >= 4 is 23.2 Å². The van der Waals surface area contributed by atoms with Crippen LogP contribution in [0.3, 0.4) is 0 Å². The second kappa shape index (κ2) is 14.6. The average Bonchev–Trinajstić information content (AvgIpc) is 3.69. The van der Waals surface area contributed by atoms with Crippen LogP contribution in [0.25, 0.3) is 0 Å². The van der Waals surface area contributed by atoms with E-state index in [1.54, 1.807) is 35.6 Å². The minimum absolute atomic E-state index is 0.0259. The molecule has 4 aromatic rings. The van der Waals surface area contributed by atoms with Crippen LogP contribution in [0.1, 0.15) is 72.6 Å². The molecule has 0 spiro atoms. The Morgan fingerprint density at radius 2 is 1.76 bits per heavy atom. The molecule has 1 fully saturated rings. The molecular weight excluding hydrogens is 613 g/mol. The van der Waals surface area contributed by atoms with Crippen molar-refractivity contribution in [3.63, 3.8) is 0 Å². The minimum atomic E-state index is -4.45. The molecule has 3 unspecified atom stereocenters. The molecule has 1 aliphatic rings. The summed E-state index contributed by atoms with van der Waals surface area (Å²) in [6.07, 6.45) is -3.49. The summed E-state index contributed by atoms with van der Waals surface area (Å²) in [5.41, 5.74) is 2.96. The lowest BCUT2D eigenvalue weighted by Gasteiger charge is -2.26. The molecule has 1 aromatic heterocycles. The summed E-state index contributed by atoms with van der Waals surface area (Å²) in [4.78, 5) is 33.8. The van der Waals surface area contributed by atoms with Crippen LogP contribution in [0, 0.1) is 13.8 Å². The van der Waals surface area contributed by atoms with Gasteiger partial charge in [-0.2, -0.15) is 13.2 Å². The number of halogens is 3. The Balaban J connectivity index is 1.29. The molecule has 5 rings (SSSR count). The summed E-state index contributed by atoms with van der Waals surface area (Å²) in [5.74, 6) is -0.600. The number of amides is 2. The highest BCUT2D eigenvalue weighted by atomic mass is 32.1. The highest BCUT2D eigenvalue weighted by Gasteiger charge is 2.33. The number of hydrogen-bond acceptors (Lipinski definition) is 6. The molecule has 2 heterocycles. The summed E-state index contributed by atoms with van der Waals surface area (Å²) >= 11 is 1.55. The Morgan fingerprint density at radius 1 is 1.02 bits per heavy atom. The highest BCUT2D eigenvalue weighted by Crippen LogP contribution is 2.35. The van der Waals surface area contributed by atoms with E-state index in [2.05, 4.69) is 15.6 Å². The van der Waals surface area contributed by atoms with Crippen LogP contribution < -0.4 is 10.6 Å². The van der Waals surface area contributed by atoms with Gasteiger partial charge in [-0.05, 0) is 74.1 Å². The third-order valence-electron chi connectivity index (χ3n) is 8.04. The van der Waals surface area contributed by atoms with Crippen molar-refractivity contribution in [2.45, 2.75) is 64.0 Å². The predicted molar refractivity (Wildman–Crippen MR) is 172 cm³/mol. The number of nitrogens with one attached hydrogen (secondary N) is 2. The maximum Gasteiger partial charge on any atom is 0.416 e. The largest absolute Gasteiger partial charge is 0.416 e. The first-order valence-corrected chi connectivity index (χ1v) is 16.1. The lowest BCUT2D eigenvalue weighted by molar-refractivity contribution is -0.137. The van der Waals surface area contributed by atoms with Gasteiger partial charge in [-0.3, -0.25) is 9.59 Å². The molecule has 0 radical (unpaired) electrons. The molecule has 7 nitrogen and oxygen atoms in total. The number of likely N-dealkylation sites (tertiary alicyclic amines) is 1. The van der Waals surface area contributed by atoms with Gasteiger partial charge in [-0.25, -0.2) is 4.98 Å². The standard InChI is InChI=1S/C35H37F3N4O3S/c1-22-14-26(18-27(15-22)34(45)42-13-7-12-30(42)33-40-23(2)21-46-33)32(44)41-29(17-24-8-4-3-5-9-24)31(43)20-39-19-25-10-6-11-28(16-25)35(36,37)38/h3-6,8-11,14-16,18,21,29-31,39,43H,7,12-13,17,19-20H2,1-2H3,(H,41,44). The molecule has 0 aliphatic carbocycles. The number of aliphatic hydroxyl groups excluding tert-OH is 1. The molecule has 1 aliphatic heterocycles. The number of aromatic nitrogens is 1. The van der Waals surface area contributed by atoms with Gasteiger partial charge in [0.25, 0.3) is 11.8 Å². The molecule has 0 saturated carbocycles. The SMILES string of the molecule is Cc1cc(C(=O)NC(Cc2ccccc2)C(O)CNCc2cccc(C(F)(F)F)c2)cc(C(=O)N2CCCC2c2nc(C)cs2)c1. The van der Waals surface area contributed by atoms with E-state index in [-0.39, 0.29) is 25.0 Å². The van der Waals surface area contributed by atoms with Crippen LogP contribution in [0.4, 0.5) is 13.2 Å². The Bertz CT molecular complexity index is 1660.